The summed E-state index contributed by atoms with van der Waals surface area (Å²) in [5, 5.41) is 0. The van der Waals surface area contributed by atoms with Crippen molar-refractivity contribution < 1.29 is 9.53 Å². The van der Waals surface area contributed by atoms with Crippen LogP contribution in [0.5, 0.6) is 0 Å². The molecule has 8 rings (SSSR count). The van der Waals surface area contributed by atoms with Crippen LogP contribution >= 0.6 is 0 Å². The summed E-state index contributed by atoms with van der Waals surface area (Å²) in [6.07, 6.45) is 17.0. The molecule has 0 spiro atoms. The first-order valence-corrected chi connectivity index (χ1v) is 11.8. The van der Waals surface area contributed by atoms with Gasteiger partial charge in [0.25, 0.3) is 0 Å². The standard InChI is InChI=1S/C24H36O2/c1-2-24(20-7-15-3-16(9-20)10-21(24)8-15)26-22(25)14-23-11-17-4-18(12-23)6-19(5-17)13-23/h15-21H,2-14H2,1H3. The van der Waals surface area contributed by atoms with Crippen LogP contribution in [0.2, 0.25) is 0 Å². The molecule has 26 heavy (non-hydrogen) atoms. The van der Waals surface area contributed by atoms with Gasteiger partial charge in [-0.1, -0.05) is 6.92 Å². The minimum Gasteiger partial charge on any atom is -0.458 e. The van der Waals surface area contributed by atoms with Crippen molar-refractivity contribution in [3.05, 3.63) is 0 Å². The fourth-order valence-electron chi connectivity index (χ4n) is 9.86. The smallest absolute Gasteiger partial charge is 0.306 e. The number of rotatable bonds is 4. The lowest BCUT2D eigenvalue weighted by atomic mass is 9.48. The molecule has 8 bridgehead atoms. The van der Waals surface area contributed by atoms with E-state index in [1.807, 2.05) is 0 Å². The molecule has 2 heteroatoms. The predicted octanol–water partition coefficient (Wildman–Crippen LogP) is 5.74. The Bertz CT molecular complexity index is 542. The molecule has 8 fully saturated rings. The van der Waals surface area contributed by atoms with Crippen LogP contribution in [-0.2, 0) is 9.53 Å². The van der Waals surface area contributed by atoms with E-state index in [4.69, 9.17) is 4.74 Å². The van der Waals surface area contributed by atoms with Crippen molar-refractivity contribution in [3.63, 3.8) is 0 Å². The van der Waals surface area contributed by atoms with Gasteiger partial charge in [0.2, 0.25) is 0 Å². The zero-order valence-electron chi connectivity index (χ0n) is 16.6. The first-order valence-electron chi connectivity index (χ1n) is 11.8. The number of carbonyl (C=O) groups is 1. The van der Waals surface area contributed by atoms with E-state index >= 15 is 0 Å². The summed E-state index contributed by atoms with van der Waals surface area (Å²) in [5.74, 6) is 6.19. The van der Waals surface area contributed by atoms with E-state index in [-0.39, 0.29) is 11.6 Å². The maximum atomic E-state index is 13.3. The molecule has 0 aliphatic heterocycles. The Labute approximate surface area is 158 Å². The molecule has 0 aromatic carbocycles. The Kier molecular flexibility index (Phi) is 3.48. The van der Waals surface area contributed by atoms with Crippen LogP contribution in [0.15, 0.2) is 0 Å². The Hall–Kier alpha value is -0.530. The molecular formula is C24H36O2. The van der Waals surface area contributed by atoms with Gasteiger partial charge in [0.1, 0.15) is 5.60 Å². The van der Waals surface area contributed by atoms with E-state index < -0.39 is 0 Å². The number of carbonyl (C=O) groups excluding carboxylic acids is 1. The van der Waals surface area contributed by atoms with Gasteiger partial charge in [-0.15, -0.1) is 0 Å². The topological polar surface area (TPSA) is 26.3 Å². The Morgan fingerprint density at radius 2 is 1.23 bits per heavy atom. The molecule has 0 radical (unpaired) electrons. The molecule has 2 nitrogen and oxygen atoms in total. The summed E-state index contributed by atoms with van der Waals surface area (Å²) in [6.45, 7) is 2.29. The van der Waals surface area contributed by atoms with E-state index in [0.717, 1.165) is 42.4 Å². The number of hydrogen-bond donors (Lipinski definition) is 0. The zero-order chi connectivity index (χ0) is 17.5. The molecule has 0 aromatic rings. The van der Waals surface area contributed by atoms with Gasteiger partial charge in [0.05, 0.1) is 6.42 Å². The van der Waals surface area contributed by atoms with E-state index in [0.29, 0.717) is 17.3 Å². The maximum Gasteiger partial charge on any atom is 0.306 e. The fourth-order valence-corrected chi connectivity index (χ4v) is 9.86. The van der Waals surface area contributed by atoms with Crippen LogP contribution in [0.4, 0.5) is 0 Å². The highest BCUT2D eigenvalue weighted by atomic mass is 16.6. The van der Waals surface area contributed by atoms with Gasteiger partial charge >= 0.3 is 5.97 Å². The van der Waals surface area contributed by atoms with Crippen molar-refractivity contribution >= 4 is 5.97 Å². The van der Waals surface area contributed by atoms with Crippen LogP contribution in [0, 0.1) is 46.8 Å². The molecule has 0 atom stereocenters. The van der Waals surface area contributed by atoms with Gasteiger partial charge in [-0.25, -0.2) is 0 Å². The molecule has 0 saturated heterocycles. The minimum absolute atomic E-state index is 0.0905. The van der Waals surface area contributed by atoms with Crippen molar-refractivity contribution in [2.75, 3.05) is 0 Å². The van der Waals surface area contributed by atoms with Gasteiger partial charge in [-0.05, 0) is 124 Å². The fraction of sp³-hybridized carbons (Fsp3) is 0.958. The first-order chi connectivity index (χ1) is 12.6. The van der Waals surface area contributed by atoms with E-state index in [1.54, 1.807) is 0 Å². The minimum atomic E-state index is -0.0905. The normalized spacial score (nSPS) is 56.1. The van der Waals surface area contributed by atoms with Gasteiger partial charge in [0.15, 0.2) is 0 Å². The van der Waals surface area contributed by atoms with Gasteiger partial charge in [-0.2, -0.15) is 0 Å². The average molecular weight is 357 g/mol. The highest BCUT2D eigenvalue weighted by molar-refractivity contribution is 5.71. The summed E-state index contributed by atoms with van der Waals surface area (Å²) in [5.41, 5.74) is 0.236. The highest BCUT2D eigenvalue weighted by Gasteiger charge is 2.59. The first kappa shape index (κ1) is 16.4. The number of esters is 1. The zero-order valence-corrected chi connectivity index (χ0v) is 16.6. The summed E-state index contributed by atoms with van der Waals surface area (Å²) in [6, 6.07) is 0. The molecule has 0 unspecified atom stereocenters. The third-order valence-electron chi connectivity index (χ3n) is 10.1. The van der Waals surface area contributed by atoms with Crippen molar-refractivity contribution in [1.29, 1.82) is 0 Å². The molecule has 0 N–H and O–H groups in total. The quantitative estimate of drug-likeness (QED) is 0.600. The van der Waals surface area contributed by atoms with Crippen molar-refractivity contribution in [2.24, 2.45) is 46.8 Å². The Balaban J connectivity index is 1.20. The second kappa shape index (κ2) is 5.51. The van der Waals surface area contributed by atoms with E-state index in [9.17, 15) is 4.79 Å². The van der Waals surface area contributed by atoms with Gasteiger partial charge in [0, 0.05) is 0 Å². The molecule has 8 saturated carbocycles. The SMILES string of the molecule is CCC1(OC(=O)CC23CC4CC(CC(C4)C2)C3)C2CC3CC(C2)CC1C3. The van der Waals surface area contributed by atoms with Crippen LogP contribution < -0.4 is 0 Å². The lowest BCUT2D eigenvalue weighted by Gasteiger charge is -2.60. The highest BCUT2D eigenvalue weighted by Crippen LogP contribution is 2.63. The molecule has 0 aromatic heterocycles. The number of hydrogen-bond acceptors (Lipinski definition) is 2. The van der Waals surface area contributed by atoms with Crippen LogP contribution in [0.3, 0.4) is 0 Å². The summed E-state index contributed by atoms with van der Waals surface area (Å²) in [4.78, 5) is 13.3. The van der Waals surface area contributed by atoms with E-state index in [1.165, 1.54) is 70.6 Å². The lowest BCUT2D eigenvalue weighted by molar-refractivity contribution is -0.214. The van der Waals surface area contributed by atoms with Crippen LogP contribution in [-0.4, -0.2) is 11.6 Å². The third kappa shape index (κ3) is 2.32. The summed E-state index contributed by atoms with van der Waals surface area (Å²) >= 11 is 0. The third-order valence-corrected chi connectivity index (χ3v) is 10.1. The van der Waals surface area contributed by atoms with Crippen LogP contribution in [0.1, 0.15) is 90.4 Å². The number of ether oxygens (including phenoxy) is 1. The summed E-state index contributed by atoms with van der Waals surface area (Å²) < 4.78 is 6.56. The second-order valence-electron chi connectivity index (χ2n) is 11.7. The van der Waals surface area contributed by atoms with Gasteiger partial charge in [-0.3, -0.25) is 4.79 Å². The largest absolute Gasteiger partial charge is 0.458 e. The monoisotopic (exact) mass is 356 g/mol. The van der Waals surface area contributed by atoms with Crippen molar-refractivity contribution in [3.8, 4) is 0 Å². The van der Waals surface area contributed by atoms with Gasteiger partial charge < -0.3 is 4.74 Å². The van der Waals surface area contributed by atoms with Crippen molar-refractivity contribution in [1.82, 2.24) is 0 Å². The molecule has 144 valence electrons. The molecular weight excluding hydrogens is 320 g/mol. The second-order valence-corrected chi connectivity index (χ2v) is 11.7. The summed E-state index contributed by atoms with van der Waals surface area (Å²) in [7, 11) is 0. The molecule has 0 amide bonds. The Morgan fingerprint density at radius 3 is 1.69 bits per heavy atom. The molecule has 0 heterocycles. The average Bonchev–Trinajstić information content (AvgIpc) is 2.56. The Morgan fingerprint density at radius 1 is 0.769 bits per heavy atom. The maximum absolute atomic E-state index is 13.3. The molecule has 8 aliphatic carbocycles. The lowest BCUT2D eigenvalue weighted by Crippen LogP contribution is -2.59. The van der Waals surface area contributed by atoms with E-state index in [2.05, 4.69) is 6.92 Å². The molecule has 8 aliphatic rings. The van der Waals surface area contributed by atoms with Crippen molar-refractivity contribution in [2.45, 2.75) is 96.0 Å². The predicted molar refractivity (Wildman–Crippen MR) is 101 cm³/mol. The van der Waals surface area contributed by atoms with Crippen LogP contribution in [0.25, 0.3) is 0 Å².